The van der Waals surface area contributed by atoms with Crippen LogP contribution in [0.5, 0.6) is 0 Å². The van der Waals surface area contributed by atoms with Crippen LogP contribution in [-0.4, -0.2) is 0 Å². The van der Waals surface area contributed by atoms with Gasteiger partial charge in [0.05, 0.1) is 0 Å². The molecule has 0 radical (unpaired) electrons. The fourth-order valence-corrected chi connectivity index (χ4v) is 1.16. The Bertz CT molecular complexity index is 308. The molecular formula is C16H26. The van der Waals surface area contributed by atoms with E-state index in [1.54, 1.807) is 0 Å². The zero-order valence-electron chi connectivity index (χ0n) is 11.5. The van der Waals surface area contributed by atoms with E-state index in [1.165, 1.54) is 23.1 Å². The summed E-state index contributed by atoms with van der Waals surface area (Å²) >= 11 is 0. The molecular weight excluding hydrogens is 192 g/mol. The summed E-state index contributed by atoms with van der Waals surface area (Å²) in [6, 6.07) is 8.36. The second-order valence-electron chi connectivity index (χ2n) is 4.57. The highest BCUT2D eigenvalue weighted by atomic mass is 14.0. The summed E-state index contributed by atoms with van der Waals surface area (Å²) < 4.78 is 0. The van der Waals surface area contributed by atoms with E-state index in [0.717, 1.165) is 12.3 Å². The normalized spacial score (nSPS) is 9.62. The van der Waals surface area contributed by atoms with Crippen LogP contribution in [0.15, 0.2) is 30.8 Å². The lowest BCUT2D eigenvalue weighted by Crippen LogP contribution is -1.84. The molecule has 0 unspecified atom stereocenters. The van der Waals surface area contributed by atoms with Crippen LogP contribution >= 0.6 is 0 Å². The summed E-state index contributed by atoms with van der Waals surface area (Å²) in [5, 5.41) is 0. The van der Waals surface area contributed by atoms with Crippen molar-refractivity contribution in [1.29, 1.82) is 0 Å². The van der Waals surface area contributed by atoms with Gasteiger partial charge in [-0.2, -0.15) is 0 Å². The molecule has 0 bridgehead atoms. The highest BCUT2D eigenvalue weighted by Gasteiger charge is 1.97. The molecule has 0 aliphatic rings. The van der Waals surface area contributed by atoms with Crippen molar-refractivity contribution in [3.8, 4) is 0 Å². The smallest absolute Gasteiger partial charge is 0.0201 e. The summed E-state index contributed by atoms with van der Waals surface area (Å²) in [4.78, 5) is 0. The van der Waals surface area contributed by atoms with Crippen LogP contribution in [0.1, 0.15) is 51.7 Å². The van der Waals surface area contributed by atoms with Crippen LogP contribution in [0, 0.1) is 12.8 Å². The Kier molecular flexibility index (Phi) is 7.62. The van der Waals surface area contributed by atoms with Gasteiger partial charge in [0.15, 0.2) is 0 Å². The fraction of sp³-hybridized carbons (Fsp3) is 0.500. The molecule has 1 aromatic carbocycles. The van der Waals surface area contributed by atoms with E-state index in [0.29, 0.717) is 0 Å². The van der Waals surface area contributed by atoms with Crippen molar-refractivity contribution < 1.29 is 0 Å². The van der Waals surface area contributed by atoms with Gasteiger partial charge in [-0.15, -0.1) is 0 Å². The van der Waals surface area contributed by atoms with Gasteiger partial charge < -0.3 is 0 Å². The molecule has 0 fully saturated rings. The lowest BCUT2D eigenvalue weighted by molar-refractivity contribution is 0.626. The van der Waals surface area contributed by atoms with Crippen molar-refractivity contribution in [1.82, 2.24) is 0 Å². The number of hydrogen-bond donors (Lipinski definition) is 0. The molecule has 0 saturated carbocycles. The van der Waals surface area contributed by atoms with Gasteiger partial charge in [-0.3, -0.25) is 0 Å². The number of allylic oxidation sites excluding steroid dienone is 1. The highest BCUT2D eigenvalue weighted by molar-refractivity contribution is 5.65. The van der Waals surface area contributed by atoms with Crippen molar-refractivity contribution in [2.75, 3.05) is 0 Å². The van der Waals surface area contributed by atoms with Gasteiger partial charge in [-0.05, 0) is 36.0 Å². The van der Waals surface area contributed by atoms with Gasteiger partial charge in [-0.25, -0.2) is 0 Å². The Labute approximate surface area is 101 Å². The second-order valence-corrected chi connectivity index (χ2v) is 4.57. The van der Waals surface area contributed by atoms with Crippen LogP contribution in [0.3, 0.4) is 0 Å². The number of aryl methyl sites for hydroxylation is 1. The van der Waals surface area contributed by atoms with Crippen molar-refractivity contribution in [3.63, 3.8) is 0 Å². The number of benzene rings is 1. The predicted octanol–water partition coefficient (Wildman–Crippen LogP) is 5.47. The Morgan fingerprint density at radius 2 is 1.69 bits per heavy atom. The van der Waals surface area contributed by atoms with Gasteiger partial charge in [0.25, 0.3) is 0 Å². The van der Waals surface area contributed by atoms with Gasteiger partial charge in [-0.1, -0.05) is 65.0 Å². The third-order valence-corrected chi connectivity index (χ3v) is 2.77. The van der Waals surface area contributed by atoms with Crippen LogP contribution in [0.2, 0.25) is 0 Å². The molecule has 0 amide bonds. The Morgan fingerprint density at radius 1 is 1.19 bits per heavy atom. The van der Waals surface area contributed by atoms with Crippen molar-refractivity contribution in [2.24, 2.45) is 5.92 Å². The van der Waals surface area contributed by atoms with E-state index >= 15 is 0 Å². The largest absolute Gasteiger partial charge is 0.0952 e. The molecule has 16 heavy (non-hydrogen) atoms. The van der Waals surface area contributed by atoms with E-state index in [9.17, 15) is 0 Å². The third kappa shape index (κ3) is 5.75. The minimum Gasteiger partial charge on any atom is -0.0952 e. The Balaban J connectivity index is 0.000000385. The Morgan fingerprint density at radius 3 is 2.06 bits per heavy atom. The SMILES string of the molecule is C=C(CC)c1ccccc1C.CCC(C)C. The average molecular weight is 218 g/mol. The van der Waals surface area contributed by atoms with Crippen molar-refractivity contribution in [2.45, 2.75) is 47.5 Å². The van der Waals surface area contributed by atoms with E-state index in [4.69, 9.17) is 0 Å². The van der Waals surface area contributed by atoms with Crippen LogP contribution in [0.25, 0.3) is 5.57 Å². The number of rotatable bonds is 3. The molecule has 0 aromatic heterocycles. The molecule has 0 aliphatic heterocycles. The van der Waals surface area contributed by atoms with Gasteiger partial charge >= 0.3 is 0 Å². The van der Waals surface area contributed by atoms with E-state index in [-0.39, 0.29) is 0 Å². The second kappa shape index (κ2) is 8.15. The topological polar surface area (TPSA) is 0 Å². The third-order valence-electron chi connectivity index (χ3n) is 2.77. The van der Waals surface area contributed by atoms with Crippen molar-refractivity contribution in [3.05, 3.63) is 42.0 Å². The van der Waals surface area contributed by atoms with Crippen LogP contribution in [-0.2, 0) is 0 Å². The molecule has 0 N–H and O–H groups in total. The maximum atomic E-state index is 4.00. The minimum atomic E-state index is 0.884. The summed E-state index contributed by atoms with van der Waals surface area (Å²) in [5.74, 6) is 0.884. The molecule has 1 rings (SSSR count). The maximum Gasteiger partial charge on any atom is -0.0201 e. The predicted molar refractivity (Wildman–Crippen MR) is 75.6 cm³/mol. The summed E-state index contributed by atoms with van der Waals surface area (Å²) in [5.41, 5.74) is 3.84. The van der Waals surface area contributed by atoms with Crippen LogP contribution in [0.4, 0.5) is 0 Å². The summed E-state index contributed by atoms with van der Waals surface area (Å²) in [6.07, 6.45) is 2.34. The molecule has 0 nitrogen and oxygen atoms in total. The molecule has 0 saturated heterocycles. The lowest BCUT2D eigenvalue weighted by Gasteiger charge is -2.05. The molecule has 0 heterocycles. The van der Waals surface area contributed by atoms with Crippen LogP contribution < -0.4 is 0 Å². The van der Waals surface area contributed by atoms with Gasteiger partial charge in [0.2, 0.25) is 0 Å². The molecule has 0 aliphatic carbocycles. The zero-order valence-corrected chi connectivity index (χ0v) is 11.5. The van der Waals surface area contributed by atoms with Gasteiger partial charge in [0, 0.05) is 0 Å². The summed E-state index contributed by atoms with van der Waals surface area (Å²) in [6.45, 7) is 14.9. The lowest BCUT2D eigenvalue weighted by atomic mass is 10.0. The fourth-order valence-electron chi connectivity index (χ4n) is 1.16. The zero-order chi connectivity index (χ0) is 12.6. The quantitative estimate of drug-likeness (QED) is 0.631. The monoisotopic (exact) mass is 218 g/mol. The molecule has 0 atom stereocenters. The van der Waals surface area contributed by atoms with E-state index in [1.807, 2.05) is 0 Å². The maximum absolute atomic E-state index is 4.00. The molecule has 1 aromatic rings. The number of hydrogen-bond acceptors (Lipinski definition) is 0. The average Bonchev–Trinajstić information content (AvgIpc) is 2.29. The van der Waals surface area contributed by atoms with Crippen molar-refractivity contribution >= 4 is 5.57 Å². The minimum absolute atomic E-state index is 0.884. The molecule has 0 spiro atoms. The van der Waals surface area contributed by atoms with E-state index in [2.05, 4.69) is 65.5 Å². The standard InChI is InChI=1S/C11H14.C5H12/c1-4-9(2)11-8-6-5-7-10(11)3;1-4-5(2)3/h5-8H,2,4H2,1,3H3;5H,4H2,1-3H3. The highest BCUT2D eigenvalue weighted by Crippen LogP contribution is 2.18. The molecule has 90 valence electrons. The first kappa shape index (κ1) is 15.0. The summed E-state index contributed by atoms with van der Waals surface area (Å²) in [7, 11) is 0. The van der Waals surface area contributed by atoms with Gasteiger partial charge in [0.1, 0.15) is 0 Å². The van der Waals surface area contributed by atoms with E-state index < -0.39 is 0 Å². The first-order valence-electron chi connectivity index (χ1n) is 6.26. The first-order chi connectivity index (χ1) is 7.52. The first-order valence-corrected chi connectivity index (χ1v) is 6.26. The Hall–Kier alpha value is -1.04. The molecule has 0 heteroatoms.